The number of benzene rings is 1. The molecule has 0 bridgehead atoms. The molecule has 7 heteroatoms. The van der Waals surface area contributed by atoms with E-state index in [1.807, 2.05) is 0 Å². The number of halogens is 1. The van der Waals surface area contributed by atoms with E-state index >= 15 is 0 Å². The minimum atomic E-state index is -1.01. The van der Waals surface area contributed by atoms with E-state index in [0.29, 0.717) is 5.69 Å². The van der Waals surface area contributed by atoms with Crippen molar-refractivity contribution in [3.8, 4) is 0 Å². The highest BCUT2D eigenvalue weighted by molar-refractivity contribution is 6.34. The Hall–Kier alpha value is -1.79. The van der Waals surface area contributed by atoms with Gasteiger partial charge in [-0.25, -0.2) is 4.79 Å². The third-order valence-electron chi connectivity index (χ3n) is 3.11. The molecule has 1 aromatic carbocycles. The molecular weight excluding hydrogens is 272 g/mol. The summed E-state index contributed by atoms with van der Waals surface area (Å²) >= 11 is 5.93. The van der Waals surface area contributed by atoms with E-state index in [1.165, 1.54) is 12.1 Å². The van der Waals surface area contributed by atoms with Crippen molar-refractivity contribution in [2.24, 2.45) is 5.73 Å². The normalized spacial score (nSPS) is 22.5. The topological polar surface area (TPSA) is 104 Å². The minimum absolute atomic E-state index is 0.157. The van der Waals surface area contributed by atoms with E-state index in [4.69, 9.17) is 22.4 Å². The van der Waals surface area contributed by atoms with Crippen LogP contribution in [0.1, 0.15) is 16.8 Å². The first-order valence-corrected chi connectivity index (χ1v) is 6.05. The predicted octanol–water partition coefficient (Wildman–Crippen LogP) is 0.463. The number of carboxylic acids is 1. The number of hydrogen-bond acceptors (Lipinski definition) is 4. The standard InChI is InChI=1S/C12H13ClN2O4/c13-9-3-6(1-2-8(9)11(14)17)15-5-7(16)4-10(15)12(18)19/h1-3,7,10,16H,4-5H2,(H2,14,17)(H,18,19). The number of β-amino-alcohol motifs (C(OH)–C–C–N with tert-alkyl or cyclic N) is 1. The minimum Gasteiger partial charge on any atom is -0.480 e. The highest BCUT2D eigenvalue weighted by Gasteiger charge is 2.36. The number of carbonyl (C=O) groups is 2. The first kappa shape index (κ1) is 13.6. The van der Waals surface area contributed by atoms with Gasteiger partial charge in [-0.2, -0.15) is 0 Å². The maximum atomic E-state index is 11.1. The number of aliphatic hydroxyl groups is 1. The number of aliphatic carboxylic acids is 1. The Balaban J connectivity index is 2.34. The highest BCUT2D eigenvalue weighted by Crippen LogP contribution is 2.29. The van der Waals surface area contributed by atoms with Crippen LogP contribution < -0.4 is 10.6 Å². The maximum Gasteiger partial charge on any atom is 0.326 e. The number of amides is 1. The summed E-state index contributed by atoms with van der Waals surface area (Å²) in [4.78, 5) is 23.7. The second-order valence-electron chi connectivity index (χ2n) is 4.42. The first-order chi connectivity index (χ1) is 8.90. The van der Waals surface area contributed by atoms with Gasteiger partial charge in [0.2, 0.25) is 5.91 Å². The van der Waals surface area contributed by atoms with Crippen LogP contribution in [0.5, 0.6) is 0 Å². The lowest BCUT2D eigenvalue weighted by Gasteiger charge is -2.23. The summed E-state index contributed by atoms with van der Waals surface area (Å²) in [6, 6.07) is 3.70. The van der Waals surface area contributed by atoms with Crippen LogP contribution in [0.3, 0.4) is 0 Å². The average Bonchev–Trinajstić information content (AvgIpc) is 2.70. The van der Waals surface area contributed by atoms with Crippen LogP contribution in [0.15, 0.2) is 18.2 Å². The second kappa shape index (κ2) is 5.07. The van der Waals surface area contributed by atoms with Crippen molar-refractivity contribution in [3.63, 3.8) is 0 Å². The molecule has 1 saturated heterocycles. The molecule has 1 aromatic rings. The van der Waals surface area contributed by atoms with E-state index in [1.54, 1.807) is 11.0 Å². The zero-order valence-electron chi connectivity index (χ0n) is 9.91. The molecule has 1 aliphatic rings. The van der Waals surface area contributed by atoms with Crippen molar-refractivity contribution < 1.29 is 19.8 Å². The fourth-order valence-electron chi connectivity index (χ4n) is 2.22. The first-order valence-electron chi connectivity index (χ1n) is 5.67. The van der Waals surface area contributed by atoms with Crippen molar-refractivity contribution in [2.45, 2.75) is 18.6 Å². The predicted molar refractivity (Wildman–Crippen MR) is 69.4 cm³/mol. The Kier molecular flexibility index (Phi) is 3.64. The van der Waals surface area contributed by atoms with Crippen molar-refractivity contribution in [1.29, 1.82) is 0 Å². The van der Waals surface area contributed by atoms with Gasteiger partial charge in [-0.15, -0.1) is 0 Å². The van der Waals surface area contributed by atoms with E-state index < -0.39 is 24.0 Å². The lowest BCUT2D eigenvalue weighted by molar-refractivity contribution is -0.138. The van der Waals surface area contributed by atoms with E-state index in [9.17, 15) is 14.7 Å². The summed E-state index contributed by atoms with van der Waals surface area (Å²) in [5, 5.41) is 18.9. The fourth-order valence-corrected chi connectivity index (χ4v) is 2.48. The zero-order valence-corrected chi connectivity index (χ0v) is 10.7. The molecule has 102 valence electrons. The van der Waals surface area contributed by atoms with Crippen molar-refractivity contribution in [2.75, 3.05) is 11.4 Å². The van der Waals surface area contributed by atoms with Crippen molar-refractivity contribution in [3.05, 3.63) is 28.8 Å². The quantitative estimate of drug-likeness (QED) is 0.748. The number of carbonyl (C=O) groups excluding carboxylic acids is 1. The van der Waals surface area contributed by atoms with Gasteiger partial charge in [0.15, 0.2) is 0 Å². The summed E-state index contributed by atoms with van der Waals surface area (Å²) in [7, 11) is 0. The molecule has 0 radical (unpaired) electrons. The smallest absolute Gasteiger partial charge is 0.326 e. The van der Waals surface area contributed by atoms with Crippen LogP contribution in [-0.2, 0) is 4.79 Å². The summed E-state index contributed by atoms with van der Waals surface area (Å²) < 4.78 is 0. The largest absolute Gasteiger partial charge is 0.480 e. The molecule has 0 aliphatic carbocycles. The lowest BCUT2D eigenvalue weighted by atomic mass is 10.1. The van der Waals surface area contributed by atoms with Gasteiger partial charge >= 0.3 is 5.97 Å². The number of nitrogens with two attached hydrogens (primary N) is 1. The van der Waals surface area contributed by atoms with Crippen LogP contribution in [0.4, 0.5) is 5.69 Å². The maximum absolute atomic E-state index is 11.1. The van der Waals surface area contributed by atoms with Crippen LogP contribution in [0.2, 0.25) is 5.02 Å². The third-order valence-corrected chi connectivity index (χ3v) is 3.43. The van der Waals surface area contributed by atoms with Gasteiger partial charge in [0.05, 0.1) is 16.7 Å². The van der Waals surface area contributed by atoms with Gasteiger partial charge < -0.3 is 20.8 Å². The summed E-state index contributed by atoms with van der Waals surface area (Å²) in [6.45, 7) is 0.212. The molecule has 19 heavy (non-hydrogen) atoms. The van der Waals surface area contributed by atoms with Gasteiger partial charge in [-0.3, -0.25) is 4.79 Å². The van der Waals surface area contributed by atoms with Gasteiger partial charge in [0, 0.05) is 18.7 Å². The van der Waals surface area contributed by atoms with Crippen LogP contribution in [0.25, 0.3) is 0 Å². The number of anilines is 1. The van der Waals surface area contributed by atoms with Crippen LogP contribution >= 0.6 is 11.6 Å². The molecule has 6 nitrogen and oxygen atoms in total. The Morgan fingerprint density at radius 2 is 2.11 bits per heavy atom. The second-order valence-corrected chi connectivity index (χ2v) is 4.83. The Labute approximate surface area is 114 Å². The molecular formula is C12H13ClN2O4. The average molecular weight is 285 g/mol. The van der Waals surface area contributed by atoms with Crippen LogP contribution in [-0.4, -0.2) is 40.8 Å². The number of rotatable bonds is 3. The zero-order chi connectivity index (χ0) is 14.2. The Bertz CT molecular complexity index is 534. The Morgan fingerprint density at radius 1 is 1.42 bits per heavy atom. The molecule has 1 amide bonds. The molecule has 0 aromatic heterocycles. The third kappa shape index (κ3) is 2.64. The van der Waals surface area contributed by atoms with Crippen molar-refractivity contribution >= 4 is 29.2 Å². The van der Waals surface area contributed by atoms with Gasteiger partial charge in [-0.1, -0.05) is 11.6 Å². The SMILES string of the molecule is NC(=O)c1ccc(N2CC(O)CC2C(=O)O)cc1Cl. The van der Waals surface area contributed by atoms with E-state index in [-0.39, 0.29) is 23.6 Å². The molecule has 2 atom stereocenters. The fraction of sp³-hybridized carbons (Fsp3) is 0.333. The number of hydrogen-bond donors (Lipinski definition) is 3. The van der Waals surface area contributed by atoms with E-state index in [0.717, 1.165) is 0 Å². The van der Waals surface area contributed by atoms with Gasteiger partial charge in [0.1, 0.15) is 6.04 Å². The monoisotopic (exact) mass is 284 g/mol. The number of primary amides is 1. The molecule has 4 N–H and O–H groups in total. The Morgan fingerprint density at radius 3 is 2.63 bits per heavy atom. The molecule has 0 spiro atoms. The molecule has 0 saturated carbocycles. The van der Waals surface area contributed by atoms with E-state index in [2.05, 4.69) is 0 Å². The summed E-state index contributed by atoms with van der Waals surface area (Å²) in [6.07, 6.45) is -0.541. The summed E-state index contributed by atoms with van der Waals surface area (Å²) in [5.41, 5.74) is 5.86. The lowest BCUT2D eigenvalue weighted by Crippen LogP contribution is -2.36. The number of carboxylic acid groups (broad SMARTS) is 1. The van der Waals surface area contributed by atoms with Crippen LogP contribution in [0, 0.1) is 0 Å². The number of nitrogens with zero attached hydrogens (tertiary/aromatic N) is 1. The van der Waals surface area contributed by atoms with Gasteiger partial charge in [-0.05, 0) is 18.2 Å². The molecule has 2 unspecified atom stereocenters. The highest BCUT2D eigenvalue weighted by atomic mass is 35.5. The molecule has 2 rings (SSSR count). The number of aliphatic hydroxyl groups excluding tert-OH is 1. The molecule has 1 aliphatic heterocycles. The molecule has 1 fully saturated rings. The summed E-state index contributed by atoms with van der Waals surface area (Å²) in [5.74, 6) is -1.65. The van der Waals surface area contributed by atoms with Crippen molar-refractivity contribution in [1.82, 2.24) is 0 Å². The van der Waals surface area contributed by atoms with Gasteiger partial charge in [0.25, 0.3) is 0 Å². The molecule has 1 heterocycles.